The number of nitrogens with zero attached hydrogens (tertiary/aromatic N) is 5. The van der Waals surface area contributed by atoms with Crippen molar-refractivity contribution in [1.82, 2.24) is 19.8 Å². The van der Waals surface area contributed by atoms with E-state index in [2.05, 4.69) is 20.6 Å². The molecule has 0 saturated carbocycles. The second kappa shape index (κ2) is 6.89. The van der Waals surface area contributed by atoms with Gasteiger partial charge in [-0.1, -0.05) is 6.07 Å². The highest BCUT2D eigenvalue weighted by Crippen LogP contribution is 2.29. The number of thiophene rings is 1. The fraction of sp³-hybridized carbons (Fsp3) is 0.158. The van der Waals surface area contributed by atoms with Crippen LogP contribution in [0.5, 0.6) is 0 Å². The molecular weight excluding hydrogens is 398 g/mol. The lowest BCUT2D eigenvalue weighted by Gasteiger charge is -2.18. The third-order valence-corrected chi connectivity index (χ3v) is 5.46. The SMILES string of the molecule is O=C1C(Nc2ccc3nnc(-c4ccsc4)n3n2)CCN1c1c(F)cccc1F. The number of carbonyl (C=O) groups is 1. The number of benzene rings is 1. The lowest BCUT2D eigenvalue weighted by Crippen LogP contribution is -2.34. The molecule has 1 aromatic carbocycles. The summed E-state index contributed by atoms with van der Waals surface area (Å²) in [7, 11) is 0. The maximum absolute atomic E-state index is 14.1. The molecule has 146 valence electrons. The molecule has 0 bridgehead atoms. The molecule has 10 heteroatoms. The van der Waals surface area contributed by atoms with Crippen LogP contribution in [0.4, 0.5) is 20.3 Å². The monoisotopic (exact) mass is 412 g/mol. The van der Waals surface area contributed by atoms with Gasteiger partial charge in [0.15, 0.2) is 11.5 Å². The van der Waals surface area contributed by atoms with E-state index >= 15 is 0 Å². The summed E-state index contributed by atoms with van der Waals surface area (Å²) in [5, 5.41) is 19.7. The first-order valence-corrected chi connectivity index (χ1v) is 9.83. The summed E-state index contributed by atoms with van der Waals surface area (Å²) in [6, 6.07) is 8.27. The van der Waals surface area contributed by atoms with Crippen LogP contribution in [-0.4, -0.2) is 38.3 Å². The van der Waals surface area contributed by atoms with Gasteiger partial charge < -0.3 is 10.2 Å². The van der Waals surface area contributed by atoms with Gasteiger partial charge in [0, 0.05) is 17.5 Å². The number of para-hydroxylation sites is 1. The van der Waals surface area contributed by atoms with Crippen molar-refractivity contribution >= 4 is 34.4 Å². The van der Waals surface area contributed by atoms with Crippen LogP contribution in [-0.2, 0) is 4.79 Å². The van der Waals surface area contributed by atoms with Gasteiger partial charge in [0.2, 0.25) is 5.91 Å². The van der Waals surface area contributed by atoms with Crippen molar-refractivity contribution in [3.05, 3.63) is 58.8 Å². The Hall–Kier alpha value is -3.40. The zero-order valence-corrected chi connectivity index (χ0v) is 15.7. The summed E-state index contributed by atoms with van der Waals surface area (Å²) in [6.45, 7) is 0.212. The lowest BCUT2D eigenvalue weighted by molar-refractivity contribution is -0.117. The molecule has 1 unspecified atom stereocenters. The van der Waals surface area contributed by atoms with Crippen LogP contribution in [0.25, 0.3) is 17.0 Å². The molecule has 7 nitrogen and oxygen atoms in total. The van der Waals surface area contributed by atoms with Crippen LogP contribution in [0, 0.1) is 11.6 Å². The van der Waals surface area contributed by atoms with E-state index in [1.54, 1.807) is 28.0 Å². The highest BCUT2D eigenvalue weighted by atomic mass is 32.1. The van der Waals surface area contributed by atoms with Crippen molar-refractivity contribution < 1.29 is 13.6 Å². The number of carbonyl (C=O) groups excluding carboxylic acids is 1. The molecule has 0 radical (unpaired) electrons. The van der Waals surface area contributed by atoms with E-state index in [-0.39, 0.29) is 12.2 Å². The van der Waals surface area contributed by atoms with Crippen molar-refractivity contribution in [2.24, 2.45) is 0 Å². The first-order valence-electron chi connectivity index (χ1n) is 8.89. The number of halogens is 2. The van der Waals surface area contributed by atoms with E-state index in [0.29, 0.717) is 23.7 Å². The van der Waals surface area contributed by atoms with E-state index in [1.165, 1.54) is 6.07 Å². The third kappa shape index (κ3) is 3.01. The summed E-state index contributed by atoms with van der Waals surface area (Å²) in [4.78, 5) is 13.9. The topological polar surface area (TPSA) is 75.4 Å². The van der Waals surface area contributed by atoms with E-state index < -0.39 is 23.6 Å². The molecule has 1 aliphatic rings. The quantitative estimate of drug-likeness (QED) is 0.556. The minimum Gasteiger partial charge on any atom is -0.357 e. The average Bonchev–Trinajstić information content (AvgIpc) is 3.43. The fourth-order valence-corrected chi connectivity index (χ4v) is 4.03. The Labute approximate surface area is 167 Å². The Kier molecular flexibility index (Phi) is 4.20. The largest absolute Gasteiger partial charge is 0.357 e. The number of amides is 1. The molecule has 1 N–H and O–H groups in total. The average molecular weight is 412 g/mol. The van der Waals surface area contributed by atoms with Crippen molar-refractivity contribution in [1.29, 1.82) is 0 Å². The number of hydrogen-bond donors (Lipinski definition) is 1. The molecule has 4 heterocycles. The van der Waals surface area contributed by atoms with Crippen molar-refractivity contribution in [2.75, 3.05) is 16.8 Å². The minimum absolute atomic E-state index is 0.212. The van der Waals surface area contributed by atoms with Gasteiger partial charge in [-0.25, -0.2) is 8.78 Å². The predicted molar refractivity (Wildman–Crippen MR) is 105 cm³/mol. The Balaban J connectivity index is 1.41. The Morgan fingerprint density at radius 2 is 1.93 bits per heavy atom. The van der Waals surface area contributed by atoms with Crippen LogP contribution in [0.3, 0.4) is 0 Å². The Morgan fingerprint density at radius 3 is 2.69 bits per heavy atom. The first kappa shape index (κ1) is 17.7. The number of rotatable bonds is 4. The van der Waals surface area contributed by atoms with Gasteiger partial charge in [0.05, 0.1) is 0 Å². The van der Waals surface area contributed by atoms with Gasteiger partial charge in [-0.3, -0.25) is 4.79 Å². The molecule has 1 amide bonds. The Bertz CT molecular complexity index is 1190. The normalized spacial score (nSPS) is 16.7. The van der Waals surface area contributed by atoms with Crippen molar-refractivity contribution in [3.63, 3.8) is 0 Å². The number of anilines is 2. The second-order valence-electron chi connectivity index (χ2n) is 6.57. The van der Waals surface area contributed by atoms with E-state index in [1.807, 2.05) is 16.8 Å². The highest BCUT2D eigenvalue weighted by molar-refractivity contribution is 7.08. The van der Waals surface area contributed by atoms with Crippen LogP contribution >= 0.6 is 11.3 Å². The first-order chi connectivity index (χ1) is 14.1. The van der Waals surface area contributed by atoms with Gasteiger partial charge in [0.25, 0.3) is 0 Å². The second-order valence-corrected chi connectivity index (χ2v) is 7.35. The molecule has 4 aromatic rings. The molecule has 1 aliphatic heterocycles. The molecular formula is C19H14F2N6OS. The summed E-state index contributed by atoms with van der Waals surface area (Å²) in [5.41, 5.74) is 1.15. The zero-order valence-electron chi connectivity index (χ0n) is 14.9. The van der Waals surface area contributed by atoms with Gasteiger partial charge in [-0.15, -0.1) is 15.3 Å². The molecule has 1 fully saturated rings. The number of aromatic nitrogens is 4. The standard InChI is InChI=1S/C19H14F2N6OS/c20-12-2-1-3-13(21)17(12)26-8-6-14(19(26)28)22-15-4-5-16-23-24-18(27(16)25-15)11-7-9-29-10-11/h1-5,7,9-10,14H,6,8H2,(H,22,25). The van der Waals surface area contributed by atoms with E-state index in [0.717, 1.165) is 22.6 Å². The highest BCUT2D eigenvalue weighted by Gasteiger charge is 2.35. The number of fused-ring (bicyclic) bond motifs is 1. The van der Waals surface area contributed by atoms with Crippen molar-refractivity contribution in [2.45, 2.75) is 12.5 Å². The summed E-state index contributed by atoms with van der Waals surface area (Å²) < 4.78 is 29.7. The van der Waals surface area contributed by atoms with Crippen LogP contribution < -0.4 is 10.2 Å². The minimum atomic E-state index is -0.761. The van der Waals surface area contributed by atoms with Gasteiger partial charge in [-0.05, 0) is 42.1 Å². The smallest absolute Gasteiger partial charge is 0.249 e. The van der Waals surface area contributed by atoms with Crippen LogP contribution in [0.2, 0.25) is 0 Å². The third-order valence-electron chi connectivity index (χ3n) is 4.78. The lowest BCUT2D eigenvalue weighted by atomic mass is 10.2. The van der Waals surface area contributed by atoms with E-state index in [9.17, 15) is 13.6 Å². The number of nitrogens with one attached hydrogen (secondary N) is 1. The van der Waals surface area contributed by atoms with Gasteiger partial charge in [0.1, 0.15) is 29.2 Å². The molecule has 3 aromatic heterocycles. The molecule has 29 heavy (non-hydrogen) atoms. The molecule has 5 rings (SSSR count). The van der Waals surface area contributed by atoms with Crippen LogP contribution in [0.15, 0.2) is 47.2 Å². The Morgan fingerprint density at radius 1 is 1.10 bits per heavy atom. The molecule has 0 spiro atoms. The number of hydrogen-bond acceptors (Lipinski definition) is 6. The predicted octanol–water partition coefficient (Wildman–Crippen LogP) is 3.35. The summed E-state index contributed by atoms with van der Waals surface area (Å²) in [5.74, 6) is -0.884. The molecule has 0 aliphatic carbocycles. The van der Waals surface area contributed by atoms with Gasteiger partial charge >= 0.3 is 0 Å². The molecule has 1 saturated heterocycles. The maximum Gasteiger partial charge on any atom is 0.249 e. The van der Waals surface area contributed by atoms with Crippen molar-refractivity contribution in [3.8, 4) is 11.4 Å². The maximum atomic E-state index is 14.1. The van der Waals surface area contributed by atoms with Gasteiger partial charge in [-0.2, -0.15) is 15.9 Å². The fourth-order valence-electron chi connectivity index (χ4n) is 3.40. The molecule has 1 atom stereocenters. The summed E-state index contributed by atoms with van der Waals surface area (Å²) in [6.07, 6.45) is 0.395. The summed E-state index contributed by atoms with van der Waals surface area (Å²) >= 11 is 1.54. The zero-order chi connectivity index (χ0) is 20.0. The van der Waals surface area contributed by atoms with E-state index in [4.69, 9.17) is 0 Å². The van der Waals surface area contributed by atoms with Crippen LogP contribution in [0.1, 0.15) is 6.42 Å².